The van der Waals surface area contributed by atoms with Gasteiger partial charge in [0.25, 0.3) is 0 Å². The molecule has 6 heteroatoms. The van der Waals surface area contributed by atoms with Crippen LogP contribution in [0, 0.1) is 0 Å². The number of anilines is 1. The molecule has 1 heterocycles. The Labute approximate surface area is 152 Å². The molecule has 0 bridgehead atoms. The largest absolute Gasteiger partial charge is 0.497 e. The molecule has 0 aliphatic carbocycles. The molecule has 3 aromatic rings. The van der Waals surface area contributed by atoms with E-state index in [0.29, 0.717) is 11.6 Å². The van der Waals surface area contributed by atoms with E-state index in [1.54, 1.807) is 36.1 Å². The third kappa shape index (κ3) is 4.03. The van der Waals surface area contributed by atoms with Crippen LogP contribution in [0.3, 0.4) is 0 Å². The van der Waals surface area contributed by atoms with Gasteiger partial charge < -0.3 is 9.47 Å². The Morgan fingerprint density at radius 3 is 2.35 bits per heavy atom. The van der Waals surface area contributed by atoms with E-state index in [0.717, 1.165) is 17.1 Å². The number of carbonyl (C=O) groups excluding carboxylic acids is 1. The Morgan fingerprint density at radius 1 is 1.04 bits per heavy atom. The van der Waals surface area contributed by atoms with Crippen molar-refractivity contribution in [3.8, 4) is 17.2 Å². The molecule has 134 valence electrons. The summed E-state index contributed by atoms with van der Waals surface area (Å²) in [6, 6.07) is 18.2. The number of benzene rings is 2. The summed E-state index contributed by atoms with van der Waals surface area (Å²) in [6.45, 7) is 4.10. The molecule has 0 fully saturated rings. The van der Waals surface area contributed by atoms with Crippen molar-refractivity contribution < 1.29 is 14.3 Å². The monoisotopic (exact) mass is 351 g/mol. The first-order valence-corrected chi connectivity index (χ1v) is 8.35. The van der Waals surface area contributed by atoms with E-state index in [1.165, 1.54) is 0 Å². The second-order valence-electron chi connectivity index (χ2n) is 6.05. The number of nitrogens with one attached hydrogen (secondary N) is 1. The Kier molecular flexibility index (Phi) is 5.22. The maximum absolute atomic E-state index is 12.3. The minimum Gasteiger partial charge on any atom is -0.497 e. The van der Waals surface area contributed by atoms with Crippen molar-refractivity contribution in [3.63, 3.8) is 0 Å². The van der Waals surface area contributed by atoms with Gasteiger partial charge in [0.1, 0.15) is 17.3 Å². The predicted molar refractivity (Wildman–Crippen MR) is 100 cm³/mol. The molecule has 26 heavy (non-hydrogen) atoms. The van der Waals surface area contributed by atoms with Gasteiger partial charge in [0.15, 0.2) is 0 Å². The van der Waals surface area contributed by atoms with E-state index in [4.69, 9.17) is 9.47 Å². The third-order valence-electron chi connectivity index (χ3n) is 3.82. The predicted octanol–water partition coefficient (Wildman–Crippen LogP) is 4.62. The number of hydrogen-bond donors (Lipinski definition) is 1. The van der Waals surface area contributed by atoms with Gasteiger partial charge in [0.05, 0.1) is 18.5 Å². The van der Waals surface area contributed by atoms with Crippen LogP contribution in [-0.2, 0) is 0 Å². The highest BCUT2D eigenvalue weighted by Gasteiger charge is 2.15. The summed E-state index contributed by atoms with van der Waals surface area (Å²) in [7, 11) is 1.62. The molecule has 1 amide bonds. The van der Waals surface area contributed by atoms with Crippen LogP contribution in [0.1, 0.15) is 25.5 Å². The number of rotatable bonds is 5. The average molecular weight is 351 g/mol. The van der Waals surface area contributed by atoms with Crippen LogP contribution in [0.4, 0.5) is 10.6 Å². The number of methoxy groups -OCH3 is 1. The van der Waals surface area contributed by atoms with E-state index < -0.39 is 6.09 Å². The van der Waals surface area contributed by atoms with Gasteiger partial charge in [-0.15, -0.1) is 0 Å². The van der Waals surface area contributed by atoms with Crippen molar-refractivity contribution in [2.24, 2.45) is 0 Å². The summed E-state index contributed by atoms with van der Waals surface area (Å²) in [5.74, 6) is 1.99. The summed E-state index contributed by atoms with van der Waals surface area (Å²) in [5, 5.41) is 7.37. The molecule has 3 rings (SSSR count). The average Bonchev–Trinajstić information content (AvgIpc) is 3.06. The molecule has 0 radical (unpaired) electrons. The molecule has 0 spiro atoms. The highest BCUT2D eigenvalue weighted by molar-refractivity contribution is 5.85. The van der Waals surface area contributed by atoms with Crippen molar-refractivity contribution in [2.75, 3.05) is 12.4 Å². The van der Waals surface area contributed by atoms with Crippen molar-refractivity contribution in [3.05, 3.63) is 66.4 Å². The molecule has 0 atom stereocenters. The molecule has 0 aliphatic heterocycles. The van der Waals surface area contributed by atoms with Gasteiger partial charge in [-0.1, -0.05) is 32.0 Å². The number of para-hydroxylation sites is 1. The maximum atomic E-state index is 12.3. The highest BCUT2D eigenvalue weighted by atomic mass is 16.6. The molecule has 1 aromatic heterocycles. The van der Waals surface area contributed by atoms with Gasteiger partial charge in [0.2, 0.25) is 0 Å². The standard InChI is InChI=1S/C20H21N3O3/c1-14(2)18-13-19(21-20(24)26-17-7-5-4-6-8-17)23(22-18)15-9-11-16(25-3)12-10-15/h4-14H,1-3H3,(H,21,24). The molecule has 6 nitrogen and oxygen atoms in total. The van der Waals surface area contributed by atoms with Crippen LogP contribution in [0.5, 0.6) is 11.5 Å². The Morgan fingerprint density at radius 2 is 1.73 bits per heavy atom. The van der Waals surface area contributed by atoms with Gasteiger partial charge in [0, 0.05) is 6.07 Å². The Balaban J connectivity index is 1.86. The molecule has 2 aromatic carbocycles. The van der Waals surface area contributed by atoms with E-state index in [1.807, 2.05) is 50.2 Å². The lowest BCUT2D eigenvalue weighted by molar-refractivity contribution is 0.215. The lowest BCUT2D eigenvalue weighted by atomic mass is 10.1. The van der Waals surface area contributed by atoms with Crippen molar-refractivity contribution in [1.29, 1.82) is 0 Å². The number of amides is 1. The second kappa shape index (κ2) is 7.74. The lowest BCUT2D eigenvalue weighted by Gasteiger charge is -2.10. The normalized spacial score (nSPS) is 10.6. The minimum absolute atomic E-state index is 0.222. The number of carbonyl (C=O) groups is 1. The first-order chi connectivity index (χ1) is 12.6. The van der Waals surface area contributed by atoms with Crippen molar-refractivity contribution in [2.45, 2.75) is 19.8 Å². The minimum atomic E-state index is -0.568. The fraction of sp³-hybridized carbons (Fsp3) is 0.200. The summed E-state index contributed by atoms with van der Waals surface area (Å²) < 4.78 is 12.2. The van der Waals surface area contributed by atoms with Gasteiger partial charge in [-0.2, -0.15) is 5.10 Å². The third-order valence-corrected chi connectivity index (χ3v) is 3.82. The van der Waals surface area contributed by atoms with Crippen LogP contribution in [-0.4, -0.2) is 23.0 Å². The zero-order valence-corrected chi connectivity index (χ0v) is 15.0. The number of ether oxygens (including phenoxy) is 2. The van der Waals surface area contributed by atoms with E-state index >= 15 is 0 Å². The van der Waals surface area contributed by atoms with E-state index in [9.17, 15) is 4.79 Å². The molecule has 0 saturated carbocycles. The lowest BCUT2D eigenvalue weighted by Crippen LogP contribution is -2.19. The Bertz CT molecular complexity index is 871. The summed E-state index contributed by atoms with van der Waals surface area (Å²) >= 11 is 0. The smallest absolute Gasteiger partial charge is 0.418 e. The zero-order valence-electron chi connectivity index (χ0n) is 15.0. The maximum Gasteiger partial charge on any atom is 0.418 e. The van der Waals surface area contributed by atoms with Crippen LogP contribution < -0.4 is 14.8 Å². The van der Waals surface area contributed by atoms with Crippen LogP contribution >= 0.6 is 0 Å². The molecular weight excluding hydrogens is 330 g/mol. The summed E-state index contributed by atoms with van der Waals surface area (Å²) in [5.41, 5.74) is 1.68. The van der Waals surface area contributed by atoms with Crippen molar-refractivity contribution >= 4 is 11.9 Å². The number of nitrogens with zero attached hydrogens (tertiary/aromatic N) is 2. The van der Waals surface area contributed by atoms with E-state index in [-0.39, 0.29) is 5.92 Å². The van der Waals surface area contributed by atoms with Gasteiger partial charge in [-0.05, 0) is 42.3 Å². The zero-order chi connectivity index (χ0) is 18.5. The topological polar surface area (TPSA) is 65.4 Å². The number of hydrogen-bond acceptors (Lipinski definition) is 4. The van der Waals surface area contributed by atoms with Gasteiger partial charge in [-0.3, -0.25) is 5.32 Å². The van der Waals surface area contributed by atoms with E-state index in [2.05, 4.69) is 10.4 Å². The van der Waals surface area contributed by atoms with Crippen LogP contribution in [0.2, 0.25) is 0 Å². The second-order valence-corrected chi connectivity index (χ2v) is 6.05. The van der Waals surface area contributed by atoms with Gasteiger partial charge in [-0.25, -0.2) is 9.48 Å². The SMILES string of the molecule is COc1ccc(-n2nc(C(C)C)cc2NC(=O)Oc2ccccc2)cc1. The molecule has 0 unspecified atom stereocenters. The number of aromatic nitrogens is 2. The first kappa shape index (κ1) is 17.5. The molecular formula is C20H21N3O3. The molecule has 0 saturated heterocycles. The Hall–Kier alpha value is -3.28. The highest BCUT2D eigenvalue weighted by Crippen LogP contribution is 2.24. The summed E-state index contributed by atoms with van der Waals surface area (Å²) in [4.78, 5) is 12.3. The van der Waals surface area contributed by atoms with Crippen LogP contribution in [0.25, 0.3) is 5.69 Å². The van der Waals surface area contributed by atoms with Crippen LogP contribution in [0.15, 0.2) is 60.7 Å². The summed E-state index contributed by atoms with van der Waals surface area (Å²) in [6.07, 6.45) is -0.568. The molecule has 0 aliphatic rings. The van der Waals surface area contributed by atoms with Crippen molar-refractivity contribution in [1.82, 2.24) is 9.78 Å². The first-order valence-electron chi connectivity index (χ1n) is 8.35. The fourth-order valence-corrected chi connectivity index (χ4v) is 2.42. The quantitative estimate of drug-likeness (QED) is 0.729. The van der Waals surface area contributed by atoms with Gasteiger partial charge >= 0.3 is 6.09 Å². The molecule has 1 N–H and O–H groups in total. The fourth-order valence-electron chi connectivity index (χ4n) is 2.42.